The molecule has 2 rings (SSSR count). The molecule has 0 saturated carbocycles. The van der Waals surface area contributed by atoms with Gasteiger partial charge in [0.1, 0.15) is 0 Å². The molecular formula is C13H22F2N2O. The third-order valence-corrected chi connectivity index (χ3v) is 4.01. The van der Waals surface area contributed by atoms with Crippen molar-refractivity contribution in [3.63, 3.8) is 0 Å². The molecule has 1 amide bonds. The monoisotopic (exact) mass is 260 g/mol. The number of rotatable bonds is 3. The lowest BCUT2D eigenvalue weighted by Crippen LogP contribution is -2.45. The predicted octanol–water partition coefficient (Wildman–Crippen LogP) is 2.12. The van der Waals surface area contributed by atoms with Gasteiger partial charge >= 0.3 is 6.43 Å². The summed E-state index contributed by atoms with van der Waals surface area (Å²) in [4.78, 5) is 15.2. The standard InChI is InChI=1S/C13H22F2N2O/c14-12(15)13(18)17-9-5-6-11(17)10-16-7-3-1-2-4-8-16/h11-12H,1-10H2. The Kier molecular flexibility index (Phi) is 4.92. The summed E-state index contributed by atoms with van der Waals surface area (Å²) in [5.41, 5.74) is 0. The molecule has 2 saturated heterocycles. The van der Waals surface area contributed by atoms with Crippen molar-refractivity contribution in [2.24, 2.45) is 0 Å². The van der Waals surface area contributed by atoms with Crippen LogP contribution in [-0.4, -0.2) is 54.4 Å². The summed E-state index contributed by atoms with van der Waals surface area (Å²) in [7, 11) is 0. The lowest BCUT2D eigenvalue weighted by molar-refractivity contribution is -0.144. The van der Waals surface area contributed by atoms with Gasteiger partial charge in [-0.3, -0.25) is 4.79 Å². The average molecular weight is 260 g/mol. The first-order valence-electron chi connectivity index (χ1n) is 6.99. The number of nitrogens with zero attached hydrogens (tertiary/aromatic N) is 2. The molecule has 0 radical (unpaired) electrons. The molecule has 0 aromatic carbocycles. The molecule has 0 aromatic heterocycles. The summed E-state index contributed by atoms with van der Waals surface area (Å²) in [5, 5.41) is 0. The van der Waals surface area contributed by atoms with E-state index in [1.54, 1.807) is 0 Å². The zero-order valence-electron chi connectivity index (χ0n) is 10.8. The van der Waals surface area contributed by atoms with Crippen LogP contribution in [0.1, 0.15) is 38.5 Å². The van der Waals surface area contributed by atoms with E-state index in [-0.39, 0.29) is 6.04 Å². The van der Waals surface area contributed by atoms with Gasteiger partial charge in [-0.05, 0) is 38.8 Å². The number of carbonyl (C=O) groups is 1. The van der Waals surface area contributed by atoms with E-state index < -0.39 is 12.3 Å². The van der Waals surface area contributed by atoms with E-state index in [0.717, 1.165) is 32.5 Å². The Morgan fingerprint density at radius 3 is 2.33 bits per heavy atom. The van der Waals surface area contributed by atoms with Gasteiger partial charge in [-0.25, -0.2) is 0 Å². The molecule has 0 N–H and O–H groups in total. The highest BCUT2D eigenvalue weighted by Crippen LogP contribution is 2.21. The number of carbonyl (C=O) groups excluding carboxylic acids is 1. The fraction of sp³-hybridized carbons (Fsp3) is 0.923. The average Bonchev–Trinajstić information content (AvgIpc) is 2.63. The first-order chi connectivity index (χ1) is 8.68. The summed E-state index contributed by atoms with van der Waals surface area (Å²) >= 11 is 0. The largest absolute Gasteiger partial charge is 0.333 e. The normalized spacial score (nSPS) is 26.6. The van der Waals surface area contributed by atoms with Crippen LogP contribution in [0.25, 0.3) is 0 Å². The van der Waals surface area contributed by atoms with Crippen molar-refractivity contribution in [2.75, 3.05) is 26.2 Å². The maximum Gasteiger partial charge on any atom is 0.315 e. The smallest absolute Gasteiger partial charge is 0.315 e. The summed E-state index contributed by atoms with van der Waals surface area (Å²) in [5.74, 6) is -0.979. The zero-order chi connectivity index (χ0) is 13.0. The lowest BCUT2D eigenvalue weighted by atomic mass is 10.2. The molecule has 0 aliphatic carbocycles. The van der Waals surface area contributed by atoms with Gasteiger partial charge in [0.05, 0.1) is 0 Å². The molecule has 18 heavy (non-hydrogen) atoms. The van der Waals surface area contributed by atoms with Crippen molar-refractivity contribution < 1.29 is 13.6 Å². The van der Waals surface area contributed by atoms with E-state index in [9.17, 15) is 13.6 Å². The zero-order valence-corrected chi connectivity index (χ0v) is 10.8. The molecule has 2 aliphatic rings. The Hall–Kier alpha value is -0.710. The van der Waals surface area contributed by atoms with Crippen LogP contribution in [0.5, 0.6) is 0 Å². The summed E-state index contributed by atoms with van der Waals surface area (Å²) < 4.78 is 25.0. The van der Waals surface area contributed by atoms with Gasteiger partial charge in [0.15, 0.2) is 0 Å². The van der Waals surface area contributed by atoms with Gasteiger partial charge in [-0.2, -0.15) is 8.78 Å². The van der Waals surface area contributed by atoms with Crippen LogP contribution < -0.4 is 0 Å². The molecule has 2 fully saturated rings. The van der Waals surface area contributed by atoms with E-state index in [1.165, 1.54) is 30.6 Å². The highest BCUT2D eigenvalue weighted by Gasteiger charge is 2.34. The lowest BCUT2D eigenvalue weighted by Gasteiger charge is -2.30. The molecule has 0 spiro atoms. The predicted molar refractivity (Wildman–Crippen MR) is 65.6 cm³/mol. The first-order valence-corrected chi connectivity index (χ1v) is 6.99. The third kappa shape index (κ3) is 3.40. The molecule has 2 aliphatic heterocycles. The van der Waals surface area contributed by atoms with Gasteiger partial charge in [0, 0.05) is 19.1 Å². The number of halogens is 2. The van der Waals surface area contributed by atoms with Crippen LogP contribution in [-0.2, 0) is 4.79 Å². The molecular weight excluding hydrogens is 238 g/mol. The number of hydrogen-bond acceptors (Lipinski definition) is 2. The van der Waals surface area contributed by atoms with Crippen molar-refractivity contribution in [1.29, 1.82) is 0 Å². The molecule has 2 heterocycles. The number of hydrogen-bond donors (Lipinski definition) is 0. The summed E-state index contributed by atoms with van der Waals surface area (Å²) in [6.45, 7) is 3.38. The Labute approximate surface area is 107 Å². The van der Waals surface area contributed by atoms with Crippen LogP contribution in [0.2, 0.25) is 0 Å². The van der Waals surface area contributed by atoms with Crippen molar-refractivity contribution in [3.8, 4) is 0 Å². The molecule has 1 atom stereocenters. The highest BCUT2D eigenvalue weighted by atomic mass is 19.3. The van der Waals surface area contributed by atoms with Crippen molar-refractivity contribution in [3.05, 3.63) is 0 Å². The number of alkyl halides is 2. The Morgan fingerprint density at radius 2 is 1.72 bits per heavy atom. The maximum absolute atomic E-state index is 12.5. The fourth-order valence-corrected chi connectivity index (χ4v) is 3.06. The van der Waals surface area contributed by atoms with E-state index in [2.05, 4.69) is 4.90 Å². The highest BCUT2D eigenvalue weighted by molar-refractivity contribution is 5.79. The molecule has 3 nitrogen and oxygen atoms in total. The quantitative estimate of drug-likeness (QED) is 0.776. The van der Waals surface area contributed by atoms with E-state index in [1.807, 2.05) is 0 Å². The van der Waals surface area contributed by atoms with E-state index in [0.29, 0.717) is 6.54 Å². The van der Waals surface area contributed by atoms with Gasteiger partial charge in [0.25, 0.3) is 5.91 Å². The Bertz CT molecular complexity index is 278. The van der Waals surface area contributed by atoms with Gasteiger partial charge in [0.2, 0.25) is 0 Å². The summed E-state index contributed by atoms with van der Waals surface area (Å²) in [6, 6.07) is 0.00426. The minimum atomic E-state index is -2.85. The van der Waals surface area contributed by atoms with Crippen LogP contribution in [0.15, 0.2) is 0 Å². The second kappa shape index (κ2) is 6.45. The molecule has 0 aromatic rings. The van der Waals surface area contributed by atoms with E-state index in [4.69, 9.17) is 0 Å². The number of likely N-dealkylation sites (tertiary alicyclic amines) is 2. The Morgan fingerprint density at radius 1 is 1.06 bits per heavy atom. The van der Waals surface area contributed by atoms with Crippen LogP contribution in [0, 0.1) is 0 Å². The van der Waals surface area contributed by atoms with E-state index >= 15 is 0 Å². The molecule has 104 valence electrons. The van der Waals surface area contributed by atoms with Crippen LogP contribution in [0.3, 0.4) is 0 Å². The van der Waals surface area contributed by atoms with Gasteiger partial charge in [-0.1, -0.05) is 12.8 Å². The first kappa shape index (κ1) is 13.7. The van der Waals surface area contributed by atoms with Gasteiger partial charge in [-0.15, -0.1) is 0 Å². The minimum absolute atomic E-state index is 0.00426. The SMILES string of the molecule is O=C(C(F)F)N1CCCC1CN1CCCCCC1. The second-order valence-corrected chi connectivity index (χ2v) is 5.34. The van der Waals surface area contributed by atoms with Gasteiger partial charge < -0.3 is 9.80 Å². The second-order valence-electron chi connectivity index (χ2n) is 5.34. The van der Waals surface area contributed by atoms with Crippen LogP contribution in [0.4, 0.5) is 8.78 Å². The van der Waals surface area contributed by atoms with Crippen molar-refractivity contribution in [1.82, 2.24) is 9.80 Å². The van der Waals surface area contributed by atoms with Crippen molar-refractivity contribution >= 4 is 5.91 Å². The molecule has 1 unspecified atom stereocenters. The fourth-order valence-electron chi connectivity index (χ4n) is 3.06. The maximum atomic E-state index is 12.5. The van der Waals surface area contributed by atoms with Crippen LogP contribution >= 0.6 is 0 Å². The molecule has 5 heteroatoms. The number of amides is 1. The molecule has 0 bridgehead atoms. The van der Waals surface area contributed by atoms with Crippen molar-refractivity contribution in [2.45, 2.75) is 51.0 Å². The third-order valence-electron chi connectivity index (χ3n) is 4.01. The summed E-state index contributed by atoms with van der Waals surface area (Å²) in [6.07, 6.45) is 3.79. The topological polar surface area (TPSA) is 23.6 Å². The minimum Gasteiger partial charge on any atom is -0.333 e. The Balaban J connectivity index is 1.88.